The highest BCUT2D eigenvalue weighted by atomic mass is 16.5. The van der Waals surface area contributed by atoms with Gasteiger partial charge in [0.2, 0.25) is 0 Å². The Balaban J connectivity index is 1.20. The molecular weight excluding hydrogens is 368 g/mol. The second kappa shape index (κ2) is 8.93. The van der Waals surface area contributed by atoms with Gasteiger partial charge in [0, 0.05) is 25.0 Å². The van der Waals surface area contributed by atoms with E-state index in [1.165, 1.54) is 42.7 Å². The van der Waals surface area contributed by atoms with E-state index in [9.17, 15) is 0 Å². The molecule has 3 nitrogen and oxygen atoms in total. The SMILES string of the molecule is c1ccc(C(CCN2CCC(N3COc4ccccc43)CC2)c2ccccc2)cc1. The molecule has 0 aliphatic carbocycles. The molecule has 0 bridgehead atoms. The van der Waals surface area contributed by atoms with Crippen LogP contribution < -0.4 is 9.64 Å². The number of benzene rings is 3. The topological polar surface area (TPSA) is 15.7 Å². The Morgan fingerprint density at radius 3 is 2.03 bits per heavy atom. The van der Waals surface area contributed by atoms with E-state index in [4.69, 9.17) is 4.74 Å². The number of hydrogen-bond acceptors (Lipinski definition) is 3. The lowest BCUT2D eigenvalue weighted by atomic mass is 9.88. The standard InChI is InChI=1S/C27H30N2O/c1-3-9-22(10-4-1)25(23-11-5-2-6-12-23)17-20-28-18-15-24(16-19-28)29-21-30-27-14-8-7-13-26(27)29/h1-14,24-25H,15-21H2. The van der Waals surface area contributed by atoms with Crippen LogP contribution in [0.5, 0.6) is 5.75 Å². The summed E-state index contributed by atoms with van der Waals surface area (Å²) in [5.74, 6) is 1.50. The second-order valence-electron chi connectivity index (χ2n) is 8.45. The van der Waals surface area contributed by atoms with E-state index in [-0.39, 0.29) is 0 Å². The van der Waals surface area contributed by atoms with E-state index in [0.29, 0.717) is 18.7 Å². The van der Waals surface area contributed by atoms with Gasteiger partial charge in [-0.25, -0.2) is 0 Å². The van der Waals surface area contributed by atoms with Crippen molar-refractivity contribution in [3.8, 4) is 5.75 Å². The first-order chi connectivity index (χ1) is 14.9. The lowest BCUT2D eigenvalue weighted by molar-refractivity contribution is 0.197. The minimum absolute atomic E-state index is 0.462. The lowest BCUT2D eigenvalue weighted by Crippen LogP contribution is -2.45. The Bertz CT molecular complexity index is 896. The van der Waals surface area contributed by atoms with Crippen molar-refractivity contribution in [2.45, 2.75) is 31.2 Å². The molecule has 0 aromatic heterocycles. The molecule has 0 radical (unpaired) electrons. The third-order valence-electron chi connectivity index (χ3n) is 6.67. The first kappa shape index (κ1) is 19.2. The molecule has 2 aliphatic rings. The van der Waals surface area contributed by atoms with Crippen molar-refractivity contribution in [1.82, 2.24) is 4.90 Å². The Labute approximate surface area is 179 Å². The highest BCUT2D eigenvalue weighted by Gasteiger charge is 2.30. The van der Waals surface area contributed by atoms with Crippen molar-refractivity contribution in [1.29, 1.82) is 0 Å². The Kier molecular flexibility index (Phi) is 5.71. The van der Waals surface area contributed by atoms with E-state index in [1.54, 1.807) is 0 Å². The summed E-state index contributed by atoms with van der Waals surface area (Å²) in [5, 5.41) is 0. The average Bonchev–Trinajstić information content (AvgIpc) is 3.25. The largest absolute Gasteiger partial charge is 0.471 e. The van der Waals surface area contributed by atoms with E-state index in [2.05, 4.69) is 94.7 Å². The molecule has 30 heavy (non-hydrogen) atoms. The minimum Gasteiger partial charge on any atom is -0.471 e. The van der Waals surface area contributed by atoms with Gasteiger partial charge in [-0.3, -0.25) is 0 Å². The van der Waals surface area contributed by atoms with Gasteiger partial charge in [-0.05, 0) is 49.1 Å². The summed E-state index contributed by atoms with van der Waals surface area (Å²) in [6, 6.07) is 31.0. The van der Waals surface area contributed by atoms with E-state index in [1.807, 2.05) is 0 Å². The number of fused-ring (bicyclic) bond motifs is 1. The molecule has 0 unspecified atom stereocenters. The summed E-state index contributed by atoms with van der Waals surface area (Å²) < 4.78 is 5.88. The van der Waals surface area contributed by atoms with Gasteiger partial charge in [0.1, 0.15) is 5.75 Å². The molecule has 0 N–H and O–H groups in total. The highest BCUT2D eigenvalue weighted by Crippen LogP contribution is 2.37. The van der Waals surface area contributed by atoms with Gasteiger partial charge >= 0.3 is 0 Å². The van der Waals surface area contributed by atoms with Gasteiger partial charge in [0.15, 0.2) is 6.73 Å². The molecule has 3 aromatic rings. The summed E-state index contributed by atoms with van der Waals surface area (Å²) in [4.78, 5) is 5.11. The van der Waals surface area contributed by atoms with Crippen LogP contribution in [0.4, 0.5) is 5.69 Å². The molecule has 5 rings (SSSR count). The Hall–Kier alpha value is -2.78. The lowest BCUT2D eigenvalue weighted by Gasteiger charge is -2.37. The van der Waals surface area contributed by atoms with Crippen molar-refractivity contribution in [2.24, 2.45) is 0 Å². The van der Waals surface area contributed by atoms with Crippen LogP contribution in [0.1, 0.15) is 36.3 Å². The number of rotatable bonds is 6. The molecule has 3 aromatic carbocycles. The van der Waals surface area contributed by atoms with Crippen LogP contribution in [0.2, 0.25) is 0 Å². The molecule has 0 atom stereocenters. The van der Waals surface area contributed by atoms with E-state index < -0.39 is 0 Å². The van der Waals surface area contributed by atoms with Crippen molar-refractivity contribution in [3.63, 3.8) is 0 Å². The normalized spacial score (nSPS) is 17.2. The van der Waals surface area contributed by atoms with Crippen molar-refractivity contribution in [3.05, 3.63) is 96.1 Å². The zero-order valence-corrected chi connectivity index (χ0v) is 17.5. The van der Waals surface area contributed by atoms with Crippen LogP contribution in [0.15, 0.2) is 84.9 Å². The number of para-hydroxylation sites is 2. The molecular formula is C27H30N2O. The molecule has 154 valence electrons. The summed E-state index contributed by atoms with van der Waals surface area (Å²) >= 11 is 0. The number of nitrogens with zero attached hydrogens (tertiary/aromatic N) is 2. The summed E-state index contributed by atoms with van der Waals surface area (Å²) in [6.45, 7) is 4.18. The van der Waals surface area contributed by atoms with Crippen molar-refractivity contribution < 1.29 is 4.74 Å². The predicted octanol–water partition coefficient (Wildman–Crippen LogP) is 5.53. The molecule has 0 amide bonds. The van der Waals surface area contributed by atoms with Gasteiger partial charge in [-0.15, -0.1) is 0 Å². The van der Waals surface area contributed by atoms with Gasteiger partial charge in [0.25, 0.3) is 0 Å². The first-order valence-corrected chi connectivity index (χ1v) is 11.2. The van der Waals surface area contributed by atoms with Crippen molar-refractivity contribution in [2.75, 3.05) is 31.3 Å². The Morgan fingerprint density at radius 1 is 0.767 bits per heavy atom. The van der Waals surface area contributed by atoms with Crippen LogP contribution in [0, 0.1) is 0 Å². The first-order valence-electron chi connectivity index (χ1n) is 11.2. The Morgan fingerprint density at radius 2 is 1.37 bits per heavy atom. The third kappa shape index (κ3) is 4.08. The molecule has 2 aliphatic heterocycles. The highest BCUT2D eigenvalue weighted by molar-refractivity contribution is 5.61. The average molecular weight is 399 g/mol. The van der Waals surface area contributed by atoms with Gasteiger partial charge in [0.05, 0.1) is 5.69 Å². The molecule has 1 fully saturated rings. The molecule has 3 heteroatoms. The molecule has 2 heterocycles. The third-order valence-corrected chi connectivity index (χ3v) is 6.67. The van der Waals surface area contributed by atoms with Crippen LogP contribution in [-0.4, -0.2) is 37.3 Å². The van der Waals surface area contributed by atoms with Crippen LogP contribution >= 0.6 is 0 Å². The number of piperidine rings is 1. The van der Waals surface area contributed by atoms with Crippen molar-refractivity contribution >= 4 is 5.69 Å². The van der Waals surface area contributed by atoms with Crippen LogP contribution in [0.3, 0.4) is 0 Å². The molecule has 0 saturated carbocycles. The number of ether oxygens (including phenoxy) is 1. The quantitative estimate of drug-likeness (QED) is 0.543. The number of hydrogen-bond donors (Lipinski definition) is 0. The van der Waals surface area contributed by atoms with Gasteiger partial charge in [-0.1, -0.05) is 72.8 Å². The number of likely N-dealkylation sites (tertiary alicyclic amines) is 1. The maximum absolute atomic E-state index is 5.88. The minimum atomic E-state index is 0.462. The monoisotopic (exact) mass is 398 g/mol. The summed E-state index contributed by atoms with van der Waals surface area (Å²) in [5.41, 5.74) is 4.11. The fourth-order valence-corrected chi connectivity index (χ4v) is 4.99. The maximum Gasteiger partial charge on any atom is 0.161 e. The second-order valence-corrected chi connectivity index (χ2v) is 8.45. The fourth-order valence-electron chi connectivity index (χ4n) is 4.99. The van der Waals surface area contributed by atoms with Gasteiger partial charge < -0.3 is 14.5 Å². The van der Waals surface area contributed by atoms with E-state index in [0.717, 1.165) is 18.7 Å². The molecule has 0 spiro atoms. The fraction of sp³-hybridized carbons (Fsp3) is 0.333. The zero-order valence-electron chi connectivity index (χ0n) is 17.5. The zero-order chi connectivity index (χ0) is 20.2. The maximum atomic E-state index is 5.88. The van der Waals surface area contributed by atoms with Crippen LogP contribution in [-0.2, 0) is 0 Å². The predicted molar refractivity (Wildman–Crippen MR) is 123 cm³/mol. The smallest absolute Gasteiger partial charge is 0.161 e. The van der Waals surface area contributed by atoms with E-state index >= 15 is 0 Å². The molecule has 1 saturated heterocycles. The number of anilines is 1. The summed E-state index contributed by atoms with van der Waals surface area (Å²) in [7, 11) is 0. The van der Waals surface area contributed by atoms with Gasteiger partial charge in [-0.2, -0.15) is 0 Å². The summed E-state index contributed by atoms with van der Waals surface area (Å²) in [6.07, 6.45) is 3.58. The van der Waals surface area contributed by atoms with Crippen LogP contribution in [0.25, 0.3) is 0 Å².